The van der Waals surface area contributed by atoms with Crippen LogP contribution in [0.15, 0.2) is 102 Å². The van der Waals surface area contributed by atoms with Gasteiger partial charge in [0.1, 0.15) is 24.7 Å². The molecular formula is C36H33O4Re-. The number of esters is 1. The van der Waals surface area contributed by atoms with Gasteiger partial charge in [-0.25, -0.2) is 4.79 Å². The van der Waals surface area contributed by atoms with E-state index in [4.69, 9.17) is 14.2 Å². The normalized spacial score (nSPS) is 21.9. The second-order valence-corrected chi connectivity index (χ2v) is 11.1. The fourth-order valence-corrected chi connectivity index (χ4v) is 6.42. The van der Waals surface area contributed by atoms with E-state index < -0.39 is 6.10 Å². The quantitative estimate of drug-likeness (QED) is 0.203. The molecule has 0 bridgehead atoms. The molecule has 3 aromatic rings. The van der Waals surface area contributed by atoms with Crippen molar-refractivity contribution in [3.8, 4) is 5.75 Å². The Kier molecular flexibility index (Phi) is 8.28. The van der Waals surface area contributed by atoms with Gasteiger partial charge >= 0.3 is 5.97 Å². The van der Waals surface area contributed by atoms with Crippen molar-refractivity contribution in [2.24, 2.45) is 5.92 Å². The zero-order valence-corrected chi connectivity index (χ0v) is 25.6. The molecule has 0 N–H and O–H groups in total. The van der Waals surface area contributed by atoms with Crippen LogP contribution in [0.25, 0.3) is 16.3 Å². The third-order valence-corrected chi connectivity index (χ3v) is 8.54. The van der Waals surface area contributed by atoms with Crippen LogP contribution in [-0.4, -0.2) is 25.3 Å². The zero-order chi connectivity index (χ0) is 26.9. The van der Waals surface area contributed by atoms with E-state index in [1.54, 1.807) is 0 Å². The smallest absolute Gasteiger partial charge is 0.338 e. The summed E-state index contributed by atoms with van der Waals surface area (Å²) >= 11 is 0. The van der Waals surface area contributed by atoms with E-state index in [-0.39, 0.29) is 39.6 Å². The molecule has 4 aliphatic rings. The van der Waals surface area contributed by atoms with Gasteiger partial charge in [0.15, 0.2) is 6.10 Å². The largest absolute Gasteiger partial charge is 0.489 e. The molecule has 2 unspecified atom stereocenters. The topological polar surface area (TPSA) is 44.8 Å². The van der Waals surface area contributed by atoms with Crippen LogP contribution in [0.5, 0.6) is 5.75 Å². The molecule has 209 valence electrons. The Labute approximate surface area is 255 Å². The van der Waals surface area contributed by atoms with Gasteiger partial charge in [0.25, 0.3) is 0 Å². The van der Waals surface area contributed by atoms with Crippen molar-refractivity contribution in [3.63, 3.8) is 0 Å². The van der Waals surface area contributed by atoms with Crippen LogP contribution in [0.2, 0.25) is 0 Å². The number of fused-ring (bicyclic) bond motifs is 6. The van der Waals surface area contributed by atoms with Crippen molar-refractivity contribution < 1.29 is 39.4 Å². The van der Waals surface area contributed by atoms with Crippen LogP contribution in [0, 0.1) is 12.3 Å². The first kappa shape index (κ1) is 27.8. The van der Waals surface area contributed by atoms with Crippen LogP contribution < -0.4 is 4.74 Å². The number of hydrogen-bond donors (Lipinski definition) is 0. The van der Waals surface area contributed by atoms with Crippen LogP contribution in [0.3, 0.4) is 0 Å². The van der Waals surface area contributed by atoms with E-state index in [2.05, 4.69) is 79.3 Å². The van der Waals surface area contributed by atoms with Crippen molar-refractivity contribution in [1.82, 2.24) is 0 Å². The van der Waals surface area contributed by atoms with Gasteiger partial charge in [0.2, 0.25) is 0 Å². The van der Waals surface area contributed by atoms with E-state index in [0.29, 0.717) is 17.4 Å². The second-order valence-electron chi connectivity index (χ2n) is 11.1. The number of benzene rings is 3. The molecule has 1 radical (unpaired) electrons. The molecule has 0 saturated heterocycles. The standard InChI is InChI=1S/C36H33O4.Re/c37-36(28-16-14-25(15-17-28)24-8-2-1-3-9-24)40-29-22-38-32-20-18-26-10-4-6-12-30(26)34(32)35-31-13-7-5-11-27(31)19-21-33(35)39-23-29;/h1,4-7,10-18,20-21,24,27,29H,2-3,8-9,19,22-23H2;/q-1;. The van der Waals surface area contributed by atoms with Gasteiger partial charge in [-0.1, -0.05) is 79.6 Å². The molecule has 1 fully saturated rings. The first-order valence-corrected chi connectivity index (χ1v) is 14.4. The minimum atomic E-state index is -0.551. The summed E-state index contributed by atoms with van der Waals surface area (Å²) in [4.78, 5) is 13.2. The molecule has 0 amide bonds. The summed E-state index contributed by atoms with van der Waals surface area (Å²) < 4.78 is 18.9. The minimum Gasteiger partial charge on any atom is -0.489 e. The van der Waals surface area contributed by atoms with E-state index in [0.717, 1.165) is 52.7 Å². The van der Waals surface area contributed by atoms with E-state index in [1.807, 2.05) is 18.2 Å². The van der Waals surface area contributed by atoms with Gasteiger partial charge in [-0.3, -0.25) is 0 Å². The number of allylic oxidation sites excluding steroid dienone is 7. The molecule has 41 heavy (non-hydrogen) atoms. The molecule has 0 aromatic heterocycles. The molecule has 1 aliphatic heterocycles. The predicted molar refractivity (Wildman–Crippen MR) is 158 cm³/mol. The minimum absolute atomic E-state index is 0. The fourth-order valence-electron chi connectivity index (χ4n) is 6.42. The van der Waals surface area contributed by atoms with E-state index in [9.17, 15) is 4.79 Å². The van der Waals surface area contributed by atoms with Crippen LogP contribution >= 0.6 is 0 Å². The molecule has 2 atom stereocenters. The first-order chi connectivity index (χ1) is 19.7. The number of carbonyl (C=O) groups excluding carboxylic acids is 1. The Morgan fingerprint density at radius 2 is 1.71 bits per heavy atom. The zero-order valence-electron chi connectivity index (χ0n) is 22.9. The summed E-state index contributed by atoms with van der Waals surface area (Å²) in [5.74, 6) is 2.11. The summed E-state index contributed by atoms with van der Waals surface area (Å²) in [5, 5.41) is 2.26. The molecule has 3 aliphatic carbocycles. The third-order valence-electron chi connectivity index (χ3n) is 8.54. The van der Waals surface area contributed by atoms with Crippen molar-refractivity contribution in [2.75, 3.05) is 13.2 Å². The van der Waals surface area contributed by atoms with Gasteiger partial charge in [-0.2, -0.15) is 12.8 Å². The fraction of sp³-hybridized carbons (Fsp3) is 0.278. The average molecular weight is 716 g/mol. The Balaban J connectivity index is 0.00000302. The van der Waals surface area contributed by atoms with Gasteiger partial charge in [0, 0.05) is 37.5 Å². The Morgan fingerprint density at radius 3 is 2.56 bits per heavy atom. The first-order valence-electron chi connectivity index (χ1n) is 14.4. The van der Waals surface area contributed by atoms with Crippen molar-refractivity contribution in [3.05, 3.63) is 125 Å². The summed E-state index contributed by atoms with van der Waals surface area (Å²) in [6, 6.07) is 20.4. The number of hydrogen-bond acceptors (Lipinski definition) is 4. The Hall–Kier alpha value is -3.39. The molecule has 7 rings (SSSR count). The molecule has 3 aromatic carbocycles. The molecule has 1 saturated carbocycles. The molecule has 0 spiro atoms. The number of ether oxygens (including phenoxy) is 3. The number of rotatable bonds is 3. The predicted octanol–water partition coefficient (Wildman–Crippen LogP) is 8.12. The average Bonchev–Trinajstić information content (AvgIpc) is 3.09. The van der Waals surface area contributed by atoms with E-state index in [1.165, 1.54) is 24.0 Å². The maximum Gasteiger partial charge on any atom is 0.338 e. The van der Waals surface area contributed by atoms with Crippen LogP contribution in [0.1, 0.15) is 59.5 Å². The third kappa shape index (κ3) is 5.59. The molecule has 4 nitrogen and oxygen atoms in total. The van der Waals surface area contributed by atoms with E-state index >= 15 is 0 Å². The van der Waals surface area contributed by atoms with Gasteiger partial charge in [0.05, 0.1) is 5.56 Å². The second kappa shape index (κ2) is 12.2. The van der Waals surface area contributed by atoms with Crippen molar-refractivity contribution in [2.45, 2.75) is 44.1 Å². The van der Waals surface area contributed by atoms with Crippen LogP contribution in [0.4, 0.5) is 0 Å². The molecular weight excluding hydrogens is 683 g/mol. The molecule has 5 heteroatoms. The van der Waals surface area contributed by atoms with Gasteiger partial charge in [-0.15, -0.1) is 0 Å². The maximum atomic E-state index is 13.2. The van der Waals surface area contributed by atoms with Crippen molar-refractivity contribution >= 4 is 22.3 Å². The summed E-state index contributed by atoms with van der Waals surface area (Å²) in [7, 11) is 0. The molecule has 1 heterocycles. The van der Waals surface area contributed by atoms with Crippen molar-refractivity contribution in [1.29, 1.82) is 0 Å². The van der Waals surface area contributed by atoms with Gasteiger partial charge < -0.3 is 20.6 Å². The summed E-state index contributed by atoms with van der Waals surface area (Å²) in [5.41, 5.74) is 5.18. The Bertz CT molecular complexity index is 1560. The SMILES string of the molecule is O=C(OC1COC2=CCC3C=CC=CC3=C2c2c(ccc3ccccc23)OC1)c1ccc(C2CC[CH-]CC2)cc1.[Re]. The summed E-state index contributed by atoms with van der Waals surface area (Å²) in [6.07, 6.45) is 18.2. The van der Waals surface area contributed by atoms with Gasteiger partial charge in [-0.05, 0) is 58.5 Å². The summed E-state index contributed by atoms with van der Waals surface area (Å²) in [6.45, 7) is 0.434. The monoisotopic (exact) mass is 716 g/mol. The Morgan fingerprint density at radius 1 is 0.902 bits per heavy atom. The number of carbonyl (C=O) groups is 1. The van der Waals surface area contributed by atoms with Crippen LogP contribution in [-0.2, 0) is 29.9 Å². The maximum absolute atomic E-state index is 13.2.